The molecule has 0 bridgehead atoms. The summed E-state index contributed by atoms with van der Waals surface area (Å²) in [7, 11) is 0. The van der Waals surface area contributed by atoms with Crippen molar-refractivity contribution in [2.45, 2.75) is 13.5 Å². The summed E-state index contributed by atoms with van der Waals surface area (Å²) in [5.74, 6) is 1.55. The van der Waals surface area contributed by atoms with Crippen LogP contribution >= 0.6 is 27.5 Å². The van der Waals surface area contributed by atoms with E-state index in [1.807, 2.05) is 37.3 Å². The maximum absolute atomic E-state index is 6.18. The highest BCUT2D eigenvalue weighted by atomic mass is 79.9. The Morgan fingerprint density at radius 1 is 1.20 bits per heavy atom. The number of hydrogen-bond acceptors (Lipinski definition) is 3. The molecule has 0 radical (unpaired) electrons. The third kappa shape index (κ3) is 2.72. The van der Waals surface area contributed by atoms with Crippen molar-refractivity contribution < 1.29 is 9.47 Å². The van der Waals surface area contributed by atoms with Crippen molar-refractivity contribution in [1.29, 1.82) is 0 Å². The Hall–Kier alpha value is -1.39. The van der Waals surface area contributed by atoms with E-state index in [2.05, 4.69) is 21.2 Å². The average molecular weight is 355 g/mol. The Labute approximate surface area is 131 Å². The van der Waals surface area contributed by atoms with Crippen molar-refractivity contribution >= 4 is 33.2 Å². The van der Waals surface area contributed by atoms with Crippen molar-refractivity contribution in [3.05, 3.63) is 51.0 Å². The van der Waals surface area contributed by atoms with Crippen LogP contribution in [0.5, 0.6) is 11.5 Å². The summed E-state index contributed by atoms with van der Waals surface area (Å²) in [6.07, 6.45) is 0. The second-order valence-corrected chi connectivity index (χ2v) is 5.90. The highest BCUT2D eigenvalue weighted by Crippen LogP contribution is 2.37. The molecular weight excluding hydrogens is 342 g/mol. The lowest BCUT2D eigenvalue weighted by Gasteiger charge is -2.11. The lowest BCUT2D eigenvalue weighted by atomic mass is 10.2. The van der Waals surface area contributed by atoms with Crippen LogP contribution in [0, 0.1) is 6.92 Å². The second kappa shape index (κ2) is 5.54. The van der Waals surface area contributed by atoms with Gasteiger partial charge in [0.15, 0.2) is 11.5 Å². The fourth-order valence-electron chi connectivity index (χ4n) is 2.06. The zero-order chi connectivity index (χ0) is 14.1. The molecule has 0 saturated heterocycles. The first-order chi connectivity index (χ1) is 9.63. The molecule has 0 fully saturated rings. The van der Waals surface area contributed by atoms with Crippen molar-refractivity contribution in [2.24, 2.45) is 0 Å². The quantitative estimate of drug-likeness (QED) is 0.862. The first-order valence-electron chi connectivity index (χ1n) is 6.21. The molecule has 20 heavy (non-hydrogen) atoms. The molecule has 104 valence electrons. The van der Waals surface area contributed by atoms with Gasteiger partial charge in [-0.1, -0.05) is 33.6 Å². The zero-order valence-electron chi connectivity index (χ0n) is 10.9. The van der Waals surface area contributed by atoms with Crippen LogP contribution in [-0.2, 0) is 6.54 Å². The number of benzene rings is 2. The monoisotopic (exact) mass is 353 g/mol. The molecule has 0 saturated carbocycles. The predicted octanol–water partition coefficient (Wildman–Crippen LogP) is 4.75. The number of rotatable bonds is 3. The van der Waals surface area contributed by atoms with Crippen LogP contribution in [0.1, 0.15) is 11.1 Å². The van der Waals surface area contributed by atoms with Gasteiger partial charge in [0, 0.05) is 11.0 Å². The topological polar surface area (TPSA) is 30.5 Å². The average Bonchev–Trinajstić information content (AvgIpc) is 2.86. The van der Waals surface area contributed by atoms with Crippen LogP contribution in [-0.4, -0.2) is 6.79 Å². The molecule has 1 heterocycles. The first kappa shape index (κ1) is 13.6. The predicted molar refractivity (Wildman–Crippen MR) is 83.8 cm³/mol. The third-order valence-electron chi connectivity index (χ3n) is 3.13. The molecular formula is C15H13BrClNO2. The summed E-state index contributed by atoms with van der Waals surface area (Å²) in [6, 6.07) is 9.82. The summed E-state index contributed by atoms with van der Waals surface area (Å²) < 4.78 is 11.7. The zero-order valence-corrected chi connectivity index (χ0v) is 13.2. The number of fused-ring (bicyclic) bond motifs is 1. The second-order valence-electron chi connectivity index (χ2n) is 4.63. The van der Waals surface area contributed by atoms with Crippen LogP contribution in [0.3, 0.4) is 0 Å². The van der Waals surface area contributed by atoms with Gasteiger partial charge >= 0.3 is 0 Å². The fraction of sp³-hybridized carbons (Fsp3) is 0.200. The Morgan fingerprint density at radius 3 is 2.75 bits per heavy atom. The highest BCUT2D eigenvalue weighted by molar-refractivity contribution is 9.10. The number of aryl methyl sites for hydroxylation is 1. The van der Waals surface area contributed by atoms with E-state index in [4.69, 9.17) is 21.1 Å². The Bertz CT molecular complexity index is 661. The Kier molecular flexibility index (Phi) is 3.76. The molecule has 0 unspecified atom stereocenters. The standard InChI is InChI=1S/C15H13BrClNO2/c1-9-2-3-12(17)13(4-9)18-7-10-5-14-15(6-11(10)16)20-8-19-14/h2-6,18H,7-8H2,1H3. The van der Waals surface area contributed by atoms with Gasteiger partial charge in [-0.2, -0.15) is 0 Å². The van der Waals surface area contributed by atoms with Gasteiger partial charge in [0.25, 0.3) is 0 Å². The highest BCUT2D eigenvalue weighted by Gasteiger charge is 2.16. The lowest BCUT2D eigenvalue weighted by molar-refractivity contribution is 0.174. The van der Waals surface area contributed by atoms with E-state index >= 15 is 0 Å². The molecule has 0 amide bonds. The van der Waals surface area contributed by atoms with Gasteiger partial charge in [0.2, 0.25) is 6.79 Å². The van der Waals surface area contributed by atoms with E-state index in [1.54, 1.807) is 0 Å². The number of ether oxygens (including phenoxy) is 2. The van der Waals surface area contributed by atoms with Gasteiger partial charge in [-0.25, -0.2) is 0 Å². The molecule has 0 aliphatic carbocycles. The first-order valence-corrected chi connectivity index (χ1v) is 7.38. The molecule has 0 atom stereocenters. The summed E-state index contributed by atoms with van der Waals surface area (Å²) in [5, 5.41) is 4.06. The maximum atomic E-state index is 6.18. The van der Waals surface area contributed by atoms with Gasteiger partial charge in [0.05, 0.1) is 10.7 Å². The number of anilines is 1. The molecule has 0 spiro atoms. The number of halogens is 2. The molecule has 0 aromatic heterocycles. The molecule has 1 aliphatic rings. The molecule has 2 aromatic carbocycles. The summed E-state index contributed by atoms with van der Waals surface area (Å²) >= 11 is 9.72. The third-order valence-corrected chi connectivity index (χ3v) is 4.20. The minimum atomic E-state index is 0.280. The van der Waals surface area contributed by atoms with Crippen LogP contribution < -0.4 is 14.8 Å². The van der Waals surface area contributed by atoms with Crippen molar-refractivity contribution in [3.8, 4) is 11.5 Å². The smallest absolute Gasteiger partial charge is 0.231 e. The van der Waals surface area contributed by atoms with Gasteiger partial charge in [0.1, 0.15) is 0 Å². The normalized spacial score (nSPS) is 12.6. The minimum Gasteiger partial charge on any atom is -0.454 e. The van der Waals surface area contributed by atoms with Gasteiger partial charge in [-0.15, -0.1) is 0 Å². The molecule has 1 aliphatic heterocycles. The summed E-state index contributed by atoms with van der Waals surface area (Å²) in [4.78, 5) is 0. The van der Waals surface area contributed by atoms with E-state index in [-0.39, 0.29) is 6.79 Å². The number of hydrogen-bond donors (Lipinski definition) is 1. The van der Waals surface area contributed by atoms with Gasteiger partial charge < -0.3 is 14.8 Å². The fourth-order valence-corrected chi connectivity index (χ4v) is 2.71. The summed E-state index contributed by atoms with van der Waals surface area (Å²) in [6.45, 7) is 2.97. The van der Waals surface area contributed by atoms with Crippen molar-refractivity contribution in [1.82, 2.24) is 0 Å². The largest absolute Gasteiger partial charge is 0.454 e. The van der Waals surface area contributed by atoms with Crippen LogP contribution in [0.2, 0.25) is 5.02 Å². The minimum absolute atomic E-state index is 0.280. The SMILES string of the molecule is Cc1ccc(Cl)c(NCc2cc3c(cc2Br)OCO3)c1. The van der Waals surface area contributed by atoms with Gasteiger partial charge in [-0.05, 0) is 42.3 Å². The molecule has 2 aromatic rings. The van der Waals surface area contributed by atoms with Crippen LogP contribution in [0.25, 0.3) is 0 Å². The van der Waals surface area contributed by atoms with Crippen LogP contribution in [0.15, 0.2) is 34.8 Å². The molecule has 5 heteroatoms. The van der Waals surface area contributed by atoms with Crippen molar-refractivity contribution in [2.75, 3.05) is 12.1 Å². The van der Waals surface area contributed by atoms with E-state index in [0.29, 0.717) is 11.6 Å². The Balaban J connectivity index is 1.80. The molecule has 3 nitrogen and oxygen atoms in total. The van der Waals surface area contributed by atoms with E-state index in [1.165, 1.54) is 5.56 Å². The van der Waals surface area contributed by atoms with Crippen molar-refractivity contribution in [3.63, 3.8) is 0 Å². The molecule has 3 rings (SSSR count). The molecule has 1 N–H and O–H groups in total. The van der Waals surface area contributed by atoms with Gasteiger partial charge in [-0.3, -0.25) is 0 Å². The maximum Gasteiger partial charge on any atom is 0.231 e. The lowest BCUT2D eigenvalue weighted by Crippen LogP contribution is -2.01. The summed E-state index contributed by atoms with van der Waals surface area (Å²) in [5.41, 5.74) is 3.18. The van der Waals surface area contributed by atoms with E-state index in [9.17, 15) is 0 Å². The Morgan fingerprint density at radius 2 is 1.95 bits per heavy atom. The number of nitrogens with one attached hydrogen (secondary N) is 1. The van der Waals surface area contributed by atoms with E-state index < -0.39 is 0 Å². The van der Waals surface area contributed by atoms with E-state index in [0.717, 1.165) is 27.2 Å². The van der Waals surface area contributed by atoms with Crippen LogP contribution in [0.4, 0.5) is 5.69 Å².